The van der Waals surface area contributed by atoms with Crippen LogP contribution in [0.2, 0.25) is 0 Å². The normalized spacial score (nSPS) is 10.5. The molecule has 8 nitrogen and oxygen atoms in total. The number of hydrogen-bond donors (Lipinski definition) is 3. The molecule has 2 aromatic heterocycles. The Morgan fingerprint density at radius 1 is 0.839 bits per heavy atom. The molecule has 3 N–H and O–H groups in total. The van der Waals surface area contributed by atoms with Gasteiger partial charge in [-0.15, -0.1) is 0 Å². The van der Waals surface area contributed by atoms with E-state index in [9.17, 15) is 14.4 Å². The van der Waals surface area contributed by atoms with Crippen molar-refractivity contribution < 1.29 is 18.8 Å². The summed E-state index contributed by atoms with van der Waals surface area (Å²) < 4.78 is 5.07. The first kappa shape index (κ1) is 19.8. The van der Waals surface area contributed by atoms with E-state index in [1.54, 1.807) is 43.3 Å². The van der Waals surface area contributed by atoms with Crippen molar-refractivity contribution in [3.63, 3.8) is 0 Å². The van der Waals surface area contributed by atoms with Gasteiger partial charge >= 0.3 is 0 Å². The molecule has 0 aliphatic heterocycles. The minimum atomic E-state index is -0.544. The highest BCUT2D eigenvalue weighted by atomic mass is 16.3. The van der Waals surface area contributed by atoms with Crippen LogP contribution in [0.15, 0.2) is 77.4 Å². The number of para-hydroxylation sites is 1. The number of carbonyl (C=O) groups is 3. The molecule has 0 atom stereocenters. The van der Waals surface area contributed by atoms with Gasteiger partial charge in [-0.1, -0.05) is 30.3 Å². The number of benzene rings is 2. The number of pyridine rings is 1. The van der Waals surface area contributed by atoms with Crippen molar-refractivity contribution in [1.29, 1.82) is 0 Å². The number of nitrogens with one attached hydrogen (secondary N) is 3. The Kier molecular flexibility index (Phi) is 5.44. The molecule has 0 unspecified atom stereocenters. The number of carbonyl (C=O) groups excluding carboxylic acids is 3. The average Bonchev–Trinajstić information content (AvgIpc) is 3.33. The molecule has 3 amide bonds. The van der Waals surface area contributed by atoms with Gasteiger partial charge in [0.1, 0.15) is 5.69 Å². The molecule has 8 heteroatoms. The third-order valence-corrected chi connectivity index (χ3v) is 4.61. The fourth-order valence-corrected chi connectivity index (χ4v) is 2.93. The third kappa shape index (κ3) is 4.43. The zero-order valence-corrected chi connectivity index (χ0v) is 16.5. The fourth-order valence-electron chi connectivity index (χ4n) is 2.93. The number of fused-ring (bicyclic) bond motifs is 1. The molecule has 2 aromatic carbocycles. The summed E-state index contributed by atoms with van der Waals surface area (Å²) >= 11 is 0. The van der Waals surface area contributed by atoms with Gasteiger partial charge in [-0.25, -0.2) is 4.98 Å². The number of furan rings is 1. The zero-order chi connectivity index (χ0) is 21.8. The maximum absolute atomic E-state index is 12.5. The second-order valence-electron chi connectivity index (χ2n) is 6.76. The SMILES string of the molecule is Cc1ccc(C(=O)NNC(=O)c2ccc3ccccc3n2)cc1NC(=O)c1ccco1. The molecule has 154 valence electrons. The molecule has 0 radical (unpaired) electrons. The van der Waals surface area contributed by atoms with Crippen LogP contribution in [-0.2, 0) is 0 Å². The van der Waals surface area contributed by atoms with Crippen LogP contribution in [0.4, 0.5) is 5.69 Å². The first-order valence-electron chi connectivity index (χ1n) is 9.43. The smallest absolute Gasteiger partial charge is 0.291 e. The van der Waals surface area contributed by atoms with Crippen molar-refractivity contribution in [1.82, 2.24) is 15.8 Å². The number of hydrogen-bond acceptors (Lipinski definition) is 5. The molecular formula is C23H18N4O4. The van der Waals surface area contributed by atoms with Gasteiger partial charge in [-0.3, -0.25) is 25.2 Å². The van der Waals surface area contributed by atoms with Crippen molar-refractivity contribution in [3.05, 3.63) is 95.6 Å². The number of nitrogens with zero attached hydrogens (tertiary/aromatic N) is 1. The maximum atomic E-state index is 12.5. The molecule has 0 aliphatic carbocycles. The van der Waals surface area contributed by atoms with Crippen LogP contribution >= 0.6 is 0 Å². The zero-order valence-electron chi connectivity index (χ0n) is 16.5. The van der Waals surface area contributed by atoms with Crippen LogP contribution in [0.5, 0.6) is 0 Å². The number of anilines is 1. The monoisotopic (exact) mass is 414 g/mol. The molecule has 0 saturated heterocycles. The second kappa shape index (κ2) is 8.50. The molecule has 4 rings (SSSR count). The van der Waals surface area contributed by atoms with E-state index in [4.69, 9.17) is 4.42 Å². The van der Waals surface area contributed by atoms with E-state index in [2.05, 4.69) is 21.2 Å². The van der Waals surface area contributed by atoms with Crippen LogP contribution in [-0.4, -0.2) is 22.7 Å². The molecule has 0 aliphatic rings. The summed E-state index contributed by atoms with van der Waals surface area (Å²) in [5, 5.41) is 3.61. The lowest BCUT2D eigenvalue weighted by Crippen LogP contribution is -2.42. The van der Waals surface area contributed by atoms with E-state index in [1.807, 2.05) is 18.2 Å². The Morgan fingerprint density at radius 2 is 1.65 bits per heavy atom. The summed E-state index contributed by atoms with van der Waals surface area (Å²) in [6.45, 7) is 1.80. The van der Waals surface area contributed by atoms with Gasteiger partial charge in [-0.2, -0.15) is 0 Å². The van der Waals surface area contributed by atoms with E-state index in [0.29, 0.717) is 11.2 Å². The molecule has 31 heavy (non-hydrogen) atoms. The number of aromatic nitrogens is 1. The van der Waals surface area contributed by atoms with Gasteiger partial charge in [0.25, 0.3) is 17.7 Å². The maximum Gasteiger partial charge on any atom is 0.291 e. The lowest BCUT2D eigenvalue weighted by atomic mass is 10.1. The first-order chi connectivity index (χ1) is 15.0. The standard InChI is InChI=1S/C23H18N4O4/c1-14-8-9-16(13-19(14)25-23(30)20-7-4-12-31-20)21(28)26-27-22(29)18-11-10-15-5-2-3-6-17(15)24-18/h2-13H,1H3,(H,25,30)(H,26,28)(H,27,29). The Morgan fingerprint density at radius 3 is 2.45 bits per heavy atom. The van der Waals surface area contributed by atoms with Crippen molar-refractivity contribution in [3.8, 4) is 0 Å². The Bertz CT molecular complexity index is 1280. The largest absolute Gasteiger partial charge is 0.459 e. The Hall–Kier alpha value is -4.46. The molecule has 4 aromatic rings. The Balaban J connectivity index is 1.43. The van der Waals surface area contributed by atoms with Gasteiger partial charge in [0.2, 0.25) is 0 Å². The van der Waals surface area contributed by atoms with Crippen molar-refractivity contribution >= 4 is 34.3 Å². The van der Waals surface area contributed by atoms with Crippen LogP contribution in [0.25, 0.3) is 10.9 Å². The van der Waals surface area contributed by atoms with E-state index in [1.165, 1.54) is 18.4 Å². The number of hydrazine groups is 1. The predicted octanol–water partition coefficient (Wildman–Crippen LogP) is 3.46. The number of amides is 3. The highest BCUT2D eigenvalue weighted by Crippen LogP contribution is 2.18. The first-order valence-corrected chi connectivity index (χ1v) is 9.43. The van der Waals surface area contributed by atoms with Crippen LogP contribution in [0.1, 0.15) is 37.0 Å². The van der Waals surface area contributed by atoms with Crippen molar-refractivity contribution in [2.75, 3.05) is 5.32 Å². The predicted molar refractivity (Wildman–Crippen MR) is 115 cm³/mol. The van der Waals surface area contributed by atoms with Crippen LogP contribution in [0, 0.1) is 6.92 Å². The molecule has 0 saturated carbocycles. The quantitative estimate of drug-likeness (QED) is 0.443. The van der Waals surface area contributed by atoms with Crippen LogP contribution < -0.4 is 16.2 Å². The summed E-state index contributed by atoms with van der Waals surface area (Å²) in [6.07, 6.45) is 1.40. The summed E-state index contributed by atoms with van der Waals surface area (Å²) in [4.78, 5) is 41.4. The highest BCUT2D eigenvalue weighted by Gasteiger charge is 2.14. The summed E-state index contributed by atoms with van der Waals surface area (Å²) in [5.41, 5.74) is 7.05. The Labute approximate surface area is 177 Å². The van der Waals surface area contributed by atoms with Crippen molar-refractivity contribution in [2.24, 2.45) is 0 Å². The molecule has 2 heterocycles. The summed E-state index contributed by atoms with van der Waals surface area (Å²) in [7, 11) is 0. The van der Waals surface area contributed by atoms with Gasteiger partial charge in [0, 0.05) is 16.6 Å². The molecule has 0 spiro atoms. The fraction of sp³-hybridized carbons (Fsp3) is 0.0435. The van der Waals surface area contributed by atoms with E-state index < -0.39 is 17.7 Å². The highest BCUT2D eigenvalue weighted by molar-refractivity contribution is 6.04. The van der Waals surface area contributed by atoms with E-state index in [0.717, 1.165) is 10.9 Å². The lowest BCUT2D eigenvalue weighted by molar-refractivity contribution is 0.0844. The van der Waals surface area contributed by atoms with E-state index >= 15 is 0 Å². The van der Waals surface area contributed by atoms with Crippen molar-refractivity contribution in [2.45, 2.75) is 6.92 Å². The molecule has 0 bridgehead atoms. The number of aryl methyl sites for hydroxylation is 1. The third-order valence-electron chi connectivity index (χ3n) is 4.61. The second-order valence-corrected chi connectivity index (χ2v) is 6.76. The van der Waals surface area contributed by atoms with Gasteiger partial charge in [-0.05, 0) is 48.9 Å². The summed E-state index contributed by atoms with van der Waals surface area (Å²) in [5.74, 6) is -1.36. The van der Waals surface area contributed by atoms with Gasteiger partial charge < -0.3 is 9.73 Å². The molecule has 0 fully saturated rings. The minimum Gasteiger partial charge on any atom is -0.459 e. The van der Waals surface area contributed by atoms with Gasteiger partial charge in [0.05, 0.1) is 11.8 Å². The lowest BCUT2D eigenvalue weighted by Gasteiger charge is -2.11. The number of rotatable bonds is 4. The molecular weight excluding hydrogens is 396 g/mol. The van der Waals surface area contributed by atoms with Gasteiger partial charge in [0.15, 0.2) is 5.76 Å². The van der Waals surface area contributed by atoms with Crippen LogP contribution in [0.3, 0.4) is 0 Å². The topological polar surface area (TPSA) is 113 Å². The average molecular weight is 414 g/mol. The summed E-state index contributed by atoms with van der Waals surface area (Å²) in [6, 6.07) is 18.7. The minimum absolute atomic E-state index is 0.157. The van der Waals surface area contributed by atoms with E-state index in [-0.39, 0.29) is 17.0 Å².